The molecule has 0 saturated heterocycles. The zero-order valence-electron chi connectivity index (χ0n) is 11.4. The molecule has 0 aliphatic rings. The minimum absolute atomic E-state index is 0.488. The van der Waals surface area contributed by atoms with Crippen LogP contribution in [0.25, 0.3) is 0 Å². The van der Waals surface area contributed by atoms with Crippen molar-refractivity contribution in [3.63, 3.8) is 0 Å². The van der Waals surface area contributed by atoms with E-state index >= 15 is 0 Å². The van der Waals surface area contributed by atoms with Gasteiger partial charge in [-0.05, 0) is 12.8 Å². The summed E-state index contributed by atoms with van der Waals surface area (Å²) in [7, 11) is 0. The summed E-state index contributed by atoms with van der Waals surface area (Å²) in [6.07, 6.45) is 14.3. The summed E-state index contributed by atoms with van der Waals surface area (Å²) in [5, 5.41) is 0. The maximum absolute atomic E-state index is 11.5. The van der Waals surface area contributed by atoms with Gasteiger partial charge in [0.2, 0.25) is 0 Å². The van der Waals surface area contributed by atoms with Gasteiger partial charge in [0.25, 0.3) is 0 Å². The second-order valence-electron chi connectivity index (χ2n) is 4.87. The number of rotatable bonds is 12. The van der Waals surface area contributed by atoms with Gasteiger partial charge in [0.1, 0.15) is 5.78 Å². The van der Waals surface area contributed by atoms with E-state index < -0.39 is 0 Å². The van der Waals surface area contributed by atoms with Crippen LogP contribution in [0.5, 0.6) is 0 Å². The molecule has 0 radical (unpaired) electrons. The largest absolute Gasteiger partial charge is 0.300 e. The monoisotopic (exact) mass is 226 g/mol. The molecule has 0 aromatic rings. The highest BCUT2D eigenvalue weighted by molar-refractivity contribution is 5.78. The predicted molar refractivity (Wildman–Crippen MR) is 71.8 cm³/mol. The molecular weight excluding hydrogens is 196 g/mol. The van der Waals surface area contributed by atoms with E-state index in [1.54, 1.807) is 0 Å². The van der Waals surface area contributed by atoms with E-state index in [4.69, 9.17) is 0 Å². The van der Waals surface area contributed by atoms with E-state index in [2.05, 4.69) is 13.8 Å². The SMILES string of the molecule is CCCCCCCCCC(=O)CCCCC. The Kier molecular flexibility index (Phi) is 12.5. The van der Waals surface area contributed by atoms with Crippen molar-refractivity contribution in [2.75, 3.05) is 0 Å². The summed E-state index contributed by atoms with van der Waals surface area (Å²) < 4.78 is 0. The average molecular weight is 226 g/mol. The third-order valence-electron chi connectivity index (χ3n) is 3.12. The molecule has 96 valence electrons. The highest BCUT2D eigenvalue weighted by Crippen LogP contribution is 2.10. The third-order valence-corrected chi connectivity index (χ3v) is 3.12. The van der Waals surface area contributed by atoms with Crippen molar-refractivity contribution in [3.8, 4) is 0 Å². The molecule has 0 bridgehead atoms. The van der Waals surface area contributed by atoms with Crippen molar-refractivity contribution in [1.29, 1.82) is 0 Å². The Labute approximate surface area is 102 Å². The highest BCUT2D eigenvalue weighted by Gasteiger charge is 2.00. The zero-order valence-corrected chi connectivity index (χ0v) is 11.4. The number of carbonyl (C=O) groups is 1. The fourth-order valence-electron chi connectivity index (χ4n) is 1.98. The second kappa shape index (κ2) is 12.7. The molecule has 0 aromatic heterocycles. The first-order chi connectivity index (χ1) is 7.81. The molecule has 0 aliphatic carbocycles. The fourth-order valence-corrected chi connectivity index (χ4v) is 1.98. The smallest absolute Gasteiger partial charge is 0.132 e. The van der Waals surface area contributed by atoms with Crippen LogP contribution in [-0.2, 0) is 4.79 Å². The van der Waals surface area contributed by atoms with Crippen LogP contribution in [-0.4, -0.2) is 5.78 Å². The van der Waals surface area contributed by atoms with Gasteiger partial charge in [0.15, 0.2) is 0 Å². The fraction of sp³-hybridized carbons (Fsp3) is 0.933. The number of hydrogen-bond donors (Lipinski definition) is 0. The first-order valence-electron chi connectivity index (χ1n) is 7.33. The van der Waals surface area contributed by atoms with Crippen molar-refractivity contribution in [2.24, 2.45) is 0 Å². The summed E-state index contributed by atoms with van der Waals surface area (Å²) in [4.78, 5) is 11.5. The molecule has 0 aliphatic heterocycles. The lowest BCUT2D eigenvalue weighted by Crippen LogP contribution is -1.97. The number of Topliss-reactive ketones (excluding diaryl/α,β-unsaturated/α-hetero) is 1. The topological polar surface area (TPSA) is 17.1 Å². The van der Waals surface area contributed by atoms with Crippen LogP contribution in [0.3, 0.4) is 0 Å². The van der Waals surface area contributed by atoms with E-state index in [0.29, 0.717) is 5.78 Å². The van der Waals surface area contributed by atoms with Gasteiger partial charge in [-0.25, -0.2) is 0 Å². The standard InChI is InChI=1S/C15H30O/c1-3-5-7-8-9-10-12-14-15(16)13-11-6-4-2/h3-14H2,1-2H3. The molecule has 0 saturated carbocycles. The summed E-state index contributed by atoms with van der Waals surface area (Å²) in [5.74, 6) is 0.488. The Morgan fingerprint density at radius 2 is 1.00 bits per heavy atom. The van der Waals surface area contributed by atoms with Gasteiger partial charge in [-0.3, -0.25) is 4.79 Å². The van der Waals surface area contributed by atoms with Crippen molar-refractivity contribution >= 4 is 5.78 Å². The maximum Gasteiger partial charge on any atom is 0.132 e. The van der Waals surface area contributed by atoms with Gasteiger partial charge in [-0.15, -0.1) is 0 Å². The molecule has 16 heavy (non-hydrogen) atoms. The van der Waals surface area contributed by atoms with Gasteiger partial charge in [-0.2, -0.15) is 0 Å². The first-order valence-corrected chi connectivity index (χ1v) is 7.33. The van der Waals surface area contributed by atoms with E-state index in [9.17, 15) is 4.79 Å². The maximum atomic E-state index is 11.5. The zero-order chi connectivity index (χ0) is 12.1. The van der Waals surface area contributed by atoms with Crippen molar-refractivity contribution in [3.05, 3.63) is 0 Å². The Bertz CT molecular complexity index is 152. The van der Waals surface area contributed by atoms with Gasteiger partial charge in [0.05, 0.1) is 0 Å². The van der Waals surface area contributed by atoms with Crippen LogP contribution in [0.15, 0.2) is 0 Å². The van der Waals surface area contributed by atoms with Crippen LogP contribution in [0.1, 0.15) is 90.9 Å². The number of carbonyl (C=O) groups excluding carboxylic acids is 1. The van der Waals surface area contributed by atoms with Crippen molar-refractivity contribution < 1.29 is 4.79 Å². The van der Waals surface area contributed by atoms with E-state index in [1.165, 1.54) is 51.4 Å². The lowest BCUT2D eigenvalue weighted by atomic mass is 10.0. The lowest BCUT2D eigenvalue weighted by molar-refractivity contribution is -0.119. The van der Waals surface area contributed by atoms with E-state index in [0.717, 1.165) is 25.7 Å². The van der Waals surface area contributed by atoms with E-state index in [-0.39, 0.29) is 0 Å². The van der Waals surface area contributed by atoms with Crippen LogP contribution < -0.4 is 0 Å². The quantitative estimate of drug-likeness (QED) is 0.414. The average Bonchev–Trinajstić information content (AvgIpc) is 2.28. The molecule has 0 amide bonds. The number of ketones is 1. The molecule has 0 N–H and O–H groups in total. The Morgan fingerprint density at radius 3 is 1.56 bits per heavy atom. The molecule has 0 heterocycles. The molecule has 0 atom stereocenters. The van der Waals surface area contributed by atoms with Crippen LogP contribution in [0.2, 0.25) is 0 Å². The van der Waals surface area contributed by atoms with Gasteiger partial charge < -0.3 is 0 Å². The Balaban J connectivity index is 3.09. The minimum Gasteiger partial charge on any atom is -0.300 e. The summed E-state index contributed by atoms with van der Waals surface area (Å²) in [6, 6.07) is 0. The second-order valence-corrected chi connectivity index (χ2v) is 4.87. The molecule has 0 rings (SSSR count). The summed E-state index contributed by atoms with van der Waals surface area (Å²) in [6.45, 7) is 4.43. The third kappa shape index (κ3) is 11.7. The predicted octanol–water partition coefficient (Wildman–Crippen LogP) is 5.28. The van der Waals surface area contributed by atoms with Crippen molar-refractivity contribution in [1.82, 2.24) is 0 Å². The molecule has 1 heteroatoms. The molecule has 0 unspecified atom stereocenters. The Morgan fingerprint density at radius 1 is 0.625 bits per heavy atom. The van der Waals surface area contributed by atoms with Crippen LogP contribution in [0, 0.1) is 0 Å². The molecular formula is C15H30O. The van der Waals surface area contributed by atoms with Gasteiger partial charge in [-0.1, -0.05) is 65.2 Å². The normalized spacial score (nSPS) is 10.6. The minimum atomic E-state index is 0.488. The molecule has 0 aromatic carbocycles. The van der Waals surface area contributed by atoms with E-state index in [1.807, 2.05) is 0 Å². The van der Waals surface area contributed by atoms with Gasteiger partial charge >= 0.3 is 0 Å². The Hall–Kier alpha value is -0.330. The van der Waals surface area contributed by atoms with Gasteiger partial charge in [0, 0.05) is 12.8 Å². The first kappa shape index (κ1) is 15.7. The van der Waals surface area contributed by atoms with Crippen LogP contribution in [0.4, 0.5) is 0 Å². The molecule has 0 spiro atoms. The molecule has 1 nitrogen and oxygen atoms in total. The summed E-state index contributed by atoms with van der Waals surface area (Å²) in [5.41, 5.74) is 0. The van der Waals surface area contributed by atoms with Crippen LogP contribution >= 0.6 is 0 Å². The summed E-state index contributed by atoms with van der Waals surface area (Å²) >= 11 is 0. The number of hydrogen-bond acceptors (Lipinski definition) is 1. The number of unbranched alkanes of at least 4 members (excludes halogenated alkanes) is 8. The molecule has 0 fully saturated rings. The van der Waals surface area contributed by atoms with Crippen molar-refractivity contribution in [2.45, 2.75) is 90.9 Å². The lowest BCUT2D eigenvalue weighted by Gasteiger charge is -2.01. The highest BCUT2D eigenvalue weighted by atomic mass is 16.1.